The van der Waals surface area contributed by atoms with Crippen molar-refractivity contribution < 1.29 is 9.47 Å². The quantitative estimate of drug-likeness (QED) is 0.702. The van der Waals surface area contributed by atoms with Gasteiger partial charge >= 0.3 is 0 Å². The topological polar surface area (TPSA) is 18.5 Å². The highest BCUT2D eigenvalue weighted by atomic mass is 16.7. The first-order valence-electron chi connectivity index (χ1n) is 7.62. The van der Waals surface area contributed by atoms with Crippen molar-refractivity contribution >= 4 is 0 Å². The highest BCUT2D eigenvalue weighted by Crippen LogP contribution is 2.72. The molecule has 0 aromatic heterocycles. The Bertz CT molecular complexity index is 349. The predicted molar refractivity (Wildman–Crippen MR) is 72.2 cm³/mol. The van der Waals surface area contributed by atoms with Gasteiger partial charge in [0.1, 0.15) is 0 Å². The van der Waals surface area contributed by atoms with E-state index in [1.807, 2.05) is 0 Å². The van der Waals surface area contributed by atoms with Crippen molar-refractivity contribution in [1.82, 2.24) is 0 Å². The molecule has 2 heteroatoms. The van der Waals surface area contributed by atoms with Crippen molar-refractivity contribution in [2.45, 2.75) is 72.2 Å². The van der Waals surface area contributed by atoms with Crippen LogP contribution in [0.15, 0.2) is 0 Å². The minimum atomic E-state index is 0.00530. The van der Waals surface area contributed by atoms with E-state index in [0.29, 0.717) is 16.7 Å². The largest absolute Gasteiger partial charge is 0.352 e. The van der Waals surface area contributed by atoms with Gasteiger partial charge in [-0.05, 0) is 30.6 Å². The Labute approximate surface area is 111 Å². The third-order valence-corrected chi connectivity index (χ3v) is 6.69. The number of ether oxygens (including phenoxy) is 2. The molecule has 3 aliphatic rings. The fourth-order valence-electron chi connectivity index (χ4n) is 4.93. The normalized spacial score (nSPS) is 50.3. The van der Waals surface area contributed by atoms with E-state index >= 15 is 0 Å². The second-order valence-electron chi connectivity index (χ2n) is 7.84. The Hall–Kier alpha value is -0.0800. The van der Waals surface area contributed by atoms with Crippen LogP contribution in [0.25, 0.3) is 0 Å². The van der Waals surface area contributed by atoms with Crippen LogP contribution in [0.5, 0.6) is 0 Å². The van der Waals surface area contributed by atoms with Gasteiger partial charge in [0.25, 0.3) is 0 Å². The lowest BCUT2D eigenvalue weighted by molar-refractivity contribution is -0.304. The average molecular weight is 252 g/mol. The van der Waals surface area contributed by atoms with E-state index in [9.17, 15) is 0 Å². The van der Waals surface area contributed by atoms with E-state index in [1.165, 1.54) is 19.3 Å². The van der Waals surface area contributed by atoms with Crippen LogP contribution in [0.3, 0.4) is 0 Å². The van der Waals surface area contributed by atoms with Gasteiger partial charge in [-0.25, -0.2) is 0 Å². The zero-order chi connectivity index (χ0) is 13.2. The molecule has 1 saturated heterocycles. The fourth-order valence-corrected chi connectivity index (χ4v) is 4.93. The van der Waals surface area contributed by atoms with Crippen molar-refractivity contribution in [2.24, 2.45) is 22.7 Å². The maximum absolute atomic E-state index is 6.55. The molecular weight excluding hydrogens is 224 g/mol. The molecule has 2 bridgehead atoms. The van der Waals surface area contributed by atoms with Crippen molar-refractivity contribution in [1.29, 1.82) is 0 Å². The Kier molecular flexibility index (Phi) is 2.68. The van der Waals surface area contributed by atoms with E-state index < -0.39 is 0 Å². The third-order valence-electron chi connectivity index (χ3n) is 6.69. The molecule has 1 unspecified atom stereocenters. The number of fused-ring (bicyclic) bond motifs is 3. The van der Waals surface area contributed by atoms with Gasteiger partial charge in [0.2, 0.25) is 0 Å². The predicted octanol–water partition coefficient (Wildman–Crippen LogP) is 3.99. The summed E-state index contributed by atoms with van der Waals surface area (Å²) in [6, 6.07) is 0. The summed E-state index contributed by atoms with van der Waals surface area (Å²) in [6.45, 7) is 12.7. The maximum Gasteiger partial charge on any atom is 0.160 e. The van der Waals surface area contributed by atoms with Crippen molar-refractivity contribution in [3.63, 3.8) is 0 Å². The van der Waals surface area contributed by atoms with Gasteiger partial charge in [-0.1, -0.05) is 34.6 Å². The SMILES string of the molecule is CC(C)[C@@H]1OCC[C@]2(C[C@H]3CCC2(C)C3(C)C)O1. The summed E-state index contributed by atoms with van der Waals surface area (Å²) in [7, 11) is 0. The standard InChI is InChI=1S/C16H28O2/c1-11(2)13-17-9-8-16(18-13)10-12-6-7-15(16,5)14(12,3)4/h11-13H,6-10H2,1-5H3/t12-,13-,15?,16-/m1/s1. The van der Waals surface area contributed by atoms with Gasteiger partial charge in [0.15, 0.2) is 6.29 Å². The van der Waals surface area contributed by atoms with Crippen LogP contribution in [0.1, 0.15) is 60.3 Å². The van der Waals surface area contributed by atoms with Crippen molar-refractivity contribution in [2.75, 3.05) is 6.61 Å². The van der Waals surface area contributed by atoms with Gasteiger partial charge < -0.3 is 9.47 Å². The second kappa shape index (κ2) is 3.73. The average Bonchev–Trinajstić information content (AvgIpc) is 2.61. The molecule has 3 fully saturated rings. The van der Waals surface area contributed by atoms with E-state index in [0.717, 1.165) is 18.9 Å². The zero-order valence-corrected chi connectivity index (χ0v) is 12.6. The summed E-state index contributed by atoms with van der Waals surface area (Å²) in [4.78, 5) is 0. The van der Waals surface area contributed by atoms with E-state index in [-0.39, 0.29) is 11.9 Å². The van der Waals surface area contributed by atoms with Gasteiger partial charge in [0.05, 0.1) is 12.2 Å². The summed E-state index contributed by atoms with van der Waals surface area (Å²) in [5.41, 5.74) is 0.847. The first-order valence-corrected chi connectivity index (χ1v) is 7.62. The highest BCUT2D eigenvalue weighted by Gasteiger charge is 2.70. The van der Waals surface area contributed by atoms with Crippen LogP contribution >= 0.6 is 0 Å². The Balaban J connectivity index is 1.93. The monoisotopic (exact) mass is 252 g/mol. The summed E-state index contributed by atoms with van der Waals surface area (Å²) >= 11 is 0. The van der Waals surface area contributed by atoms with Crippen molar-refractivity contribution in [3.8, 4) is 0 Å². The summed E-state index contributed by atoms with van der Waals surface area (Å²) in [6.07, 6.45) is 5.07. The molecule has 2 aliphatic carbocycles. The van der Waals surface area contributed by atoms with E-state index in [2.05, 4.69) is 34.6 Å². The Morgan fingerprint density at radius 1 is 1.11 bits per heavy atom. The van der Waals surface area contributed by atoms with Gasteiger partial charge in [0, 0.05) is 17.8 Å². The summed E-state index contributed by atoms with van der Waals surface area (Å²) in [5.74, 6) is 1.29. The van der Waals surface area contributed by atoms with Crippen LogP contribution in [-0.2, 0) is 9.47 Å². The van der Waals surface area contributed by atoms with Crippen LogP contribution in [0.4, 0.5) is 0 Å². The molecule has 4 atom stereocenters. The number of hydrogen-bond acceptors (Lipinski definition) is 2. The van der Waals surface area contributed by atoms with E-state index in [1.54, 1.807) is 0 Å². The fraction of sp³-hybridized carbons (Fsp3) is 1.00. The number of rotatable bonds is 1. The van der Waals surface area contributed by atoms with Crippen molar-refractivity contribution in [3.05, 3.63) is 0 Å². The Morgan fingerprint density at radius 2 is 1.83 bits per heavy atom. The summed E-state index contributed by atoms with van der Waals surface area (Å²) < 4.78 is 12.4. The lowest BCUT2D eigenvalue weighted by Crippen LogP contribution is -2.55. The first kappa shape index (κ1) is 12.9. The molecular formula is C16H28O2. The minimum Gasteiger partial charge on any atom is -0.352 e. The van der Waals surface area contributed by atoms with Crippen LogP contribution in [-0.4, -0.2) is 18.5 Å². The highest BCUT2D eigenvalue weighted by molar-refractivity contribution is 5.19. The molecule has 0 radical (unpaired) electrons. The molecule has 3 rings (SSSR count). The molecule has 1 heterocycles. The Morgan fingerprint density at radius 3 is 2.33 bits per heavy atom. The smallest absolute Gasteiger partial charge is 0.160 e. The first-order chi connectivity index (χ1) is 8.32. The molecule has 1 spiro atoms. The lowest BCUT2D eigenvalue weighted by Gasteiger charge is -2.52. The molecule has 2 nitrogen and oxygen atoms in total. The molecule has 2 saturated carbocycles. The van der Waals surface area contributed by atoms with Gasteiger partial charge in [-0.3, -0.25) is 0 Å². The van der Waals surface area contributed by atoms with E-state index in [4.69, 9.17) is 9.47 Å². The molecule has 1 aliphatic heterocycles. The summed E-state index contributed by atoms with van der Waals surface area (Å²) in [5, 5.41) is 0. The number of hydrogen-bond donors (Lipinski definition) is 0. The molecule has 18 heavy (non-hydrogen) atoms. The minimum absolute atomic E-state index is 0.00530. The lowest BCUT2D eigenvalue weighted by atomic mass is 9.63. The molecule has 104 valence electrons. The van der Waals surface area contributed by atoms with Crippen LogP contribution in [0.2, 0.25) is 0 Å². The maximum atomic E-state index is 6.55. The molecule has 0 aromatic rings. The van der Waals surface area contributed by atoms with Crippen LogP contribution < -0.4 is 0 Å². The molecule has 0 amide bonds. The van der Waals surface area contributed by atoms with Gasteiger partial charge in [-0.15, -0.1) is 0 Å². The van der Waals surface area contributed by atoms with Crippen LogP contribution in [0, 0.1) is 22.7 Å². The molecule has 0 N–H and O–H groups in total. The van der Waals surface area contributed by atoms with Gasteiger partial charge in [-0.2, -0.15) is 0 Å². The zero-order valence-electron chi connectivity index (χ0n) is 12.6. The second-order valence-corrected chi connectivity index (χ2v) is 7.84. The molecule has 0 aromatic carbocycles. The third kappa shape index (κ3) is 1.37.